The number of carboxylic acids is 1. The molecule has 1 aromatic heterocycles. The van der Waals surface area contributed by atoms with Crippen molar-refractivity contribution in [2.75, 3.05) is 0 Å². The SMILES string of the molecule is O=C(O)c1ccc(OCc2nc3ccc(Cl)cc3[nH]2)c(OCc2cccc(Cl)c2Cl)c1. The van der Waals surface area contributed by atoms with E-state index in [0.29, 0.717) is 32.2 Å². The van der Waals surface area contributed by atoms with Crippen molar-refractivity contribution in [2.24, 2.45) is 0 Å². The number of halogens is 3. The molecule has 4 aromatic rings. The molecular formula is C22H15Cl3N2O4. The lowest BCUT2D eigenvalue weighted by atomic mass is 10.2. The fourth-order valence-corrected chi connectivity index (χ4v) is 3.48. The number of hydrogen-bond donors (Lipinski definition) is 2. The summed E-state index contributed by atoms with van der Waals surface area (Å²) in [6, 6.07) is 14.9. The van der Waals surface area contributed by atoms with Crippen molar-refractivity contribution in [1.29, 1.82) is 0 Å². The van der Waals surface area contributed by atoms with E-state index in [1.807, 2.05) is 6.07 Å². The number of aromatic nitrogens is 2. The third kappa shape index (κ3) is 4.88. The van der Waals surface area contributed by atoms with Gasteiger partial charge in [0.05, 0.1) is 26.6 Å². The minimum atomic E-state index is -1.08. The summed E-state index contributed by atoms with van der Waals surface area (Å²) in [5.74, 6) is 0.131. The van der Waals surface area contributed by atoms with Crippen LogP contribution in [0.4, 0.5) is 0 Å². The van der Waals surface area contributed by atoms with Gasteiger partial charge in [-0.05, 0) is 42.5 Å². The molecule has 1 heterocycles. The summed E-state index contributed by atoms with van der Waals surface area (Å²) in [4.78, 5) is 19.0. The number of carbonyl (C=O) groups is 1. The summed E-state index contributed by atoms with van der Waals surface area (Å²) in [5, 5.41) is 10.7. The van der Waals surface area contributed by atoms with Crippen LogP contribution in [0.15, 0.2) is 54.6 Å². The van der Waals surface area contributed by atoms with Gasteiger partial charge in [0.15, 0.2) is 11.5 Å². The van der Waals surface area contributed by atoms with Crippen LogP contribution in [0, 0.1) is 0 Å². The Morgan fingerprint density at radius 3 is 2.58 bits per heavy atom. The standard InChI is InChI=1S/C22H15Cl3N2O4/c23-14-5-6-16-17(9-14)27-20(26-16)11-31-18-7-4-12(22(28)29)8-19(18)30-10-13-2-1-3-15(24)21(13)25/h1-9H,10-11H2,(H,26,27)(H,28,29). The monoisotopic (exact) mass is 476 g/mol. The Morgan fingerprint density at radius 2 is 1.77 bits per heavy atom. The van der Waals surface area contributed by atoms with Crippen molar-refractivity contribution < 1.29 is 19.4 Å². The molecule has 4 rings (SSSR count). The van der Waals surface area contributed by atoms with Gasteiger partial charge in [0.1, 0.15) is 19.0 Å². The number of aromatic carboxylic acids is 1. The molecule has 0 spiro atoms. The molecule has 0 aliphatic carbocycles. The van der Waals surface area contributed by atoms with Crippen LogP contribution in [0.3, 0.4) is 0 Å². The maximum Gasteiger partial charge on any atom is 0.335 e. The van der Waals surface area contributed by atoms with E-state index in [-0.39, 0.29) is 24.5 Å². The molecule has 0 saturated carbocycles. The Kier molecular flexibility index (Phi) is 6.23. The summed E-state index contributed by atoms with van der Waals surface area (Å²) in [6.07, 6.45) is 0. The summed E-state index contributed by atoms with van der Waals surface area (Å²) < 4.78 is 11.7. The van der Waals surface area contributed by atoms with Gasteiger partial charge in [-0.1, -0.05) is 46.9 Å². The predicted molar refractivity (Wildman–Crippen MR) is 120 cm³/mol. The third-order valence-electron chi connectivity index (χ3n) is 4.46. The zero-order valence-electron chi connectivity index (χ0n) is 15.9. The largest absolute Gasteiger partial charge is 0.485 e. The number of hydrogen-bond acceptors (Lipinski definition) is 4. The Balaban J connectivity index is 1.55. The lowest BCUT2D eigenvalue weighted by molar-refractivity contribution is 0.0696. The molecule has 0 fully saturated rings. The van der Waals surface area contributed by atoms with Crippen LogP contribution in [0.5, 0.6) is 11.5 Å². The Bertz CT molecular complexity index is 1270. The van der Waals surface area contributed by atoms with Crippen LogP contribution in [-0.2, 0) is 13.2 Å². The van der Waals surface area contributed by atoms with Gasteiger partial charge in [-0.25, -0.2) is 9.78 Å². The summed E-state index contributed by atoms with van der Waals surface area (Å²) >= 11 is 18.3. The predicted octanol–water partition coefficient (Wildman–Crippen LogP) is 6.38. The highest BCUT2D eigenvalue weighted by molar-refractivity contribution is 6.42. The molecule has 158 valence electrons. The molecule has 3 aromatic carbocycles. The molecule has 0 aliphatic heterocycles. The first kappa shape index (κ1) is 21.3. The average Bonchev–Trinajstić information content (AvgIpc) is 3.15. The zero-order chi connectivity index (χ0) is 22.0. The molecule has 0 radical (unpaired) electrons. The summed E-state index contributed by atoms with van der Waals surface area (Å²) in [5.41, 5.74) is 2.28. The number of nitrogens with zero attached hydrogens (tertiary/aromatic N) is 1. The van der Waals surface area contributed by atoms with E-state index in [0.717, 1.165) is 11.0 Å². The topological polar surface area (TPSA) is 84.4 Å². The molecule has 6 nitrogen and oxygen atoms in total. The number of ether oxygens (including phenoxy) is 2. The maximum atomic E-state index is 11.4. The average molecular weight is 478 g/mol. The molecular weight excluding hydrogens is 463 g/mol. The molecule has 0 amide bonds. The highest BCUT2D eigenvalue weighted by Crippen LogP contribution is 2.32. The van der Waals surface area contributed by atoms with E-state index in [1.165, 1.54) is 18.2 Å². The van der Waals surface area contributed by atoms with Gasteiger partial charge in [-0.15, -0.1) is 0 Å². The highest BCUT2D eigenvalue weighted by Gasteiger charge is 2.14. The van der Waals surface area contributed by atoms with Crippen molar-refractivity contribution in [2.45, 2.75) is 13.2 Å². The van der Waals surface area contributed by atoms with Gasteiger partial charge in [-0.3, -0.25) is 0 Å². The number of rotatable bonds is 7. The Morgan fingerprint density at radius 1 is 0.968 bits per heavy atom. The van der Waals surface area contributed by atoms with Gasteiger partial charge < -0.3 is 19.6 Å². The zero-order valence-corrected chi connectivity index (χ0v) is 18.1. The normalized spacial score (nSPS) is 10.9. The molecule has 0 unspecified atom stereocenters. The number of aromatic amines is 1. The molecule has 31 heavy (non-hydrogen) atoms. The molecule has 9 heteroatoms. The van der Waals surface area contributed by atoms with Gasteiger partial charge in [0.2, 0.25) is 0 Å². The number of nitrogens with one attached hydrogen (secondary N) is 1. The fourth-order valence-electron chi connectivity index (χ4n) is 2.94. The van der Waals surface area contributed by atoms with Crippen LogP contribution < -0.4 is 9.47 Å². The summed E-state index contributed by atoms with van der Waals surface area (Å²) in [6.45, 7) is 0.203. The smallest absolute Gasteiger partial charge is 0.335 e. The Labute approximate surface area is 192 Å². The van der Waals surface area contributed by atoms with Crippen molar-refractivity contribution in [3.8, 4) is 11.5 Å². The second-order valence-electron chi connectivity index (χ2n) is 6.60. The van der Waals surface area contributed by atoms with Crippen molar-refractivity contribution in [1.82, 2.24) is 9.97 Å². The van der Waals surface area contributed by atoms with Crippen LogP contribution in [-0.4, -0.2) is 21.0 Å². The number of carboxylic acid groups (broad SMARTS) is 1. The summed E-state index contributed by atoms with van der Waals surface area (Å²) in [7, 11) is 0. The molecule has 0 bridgehead atoms. The first-order valence-electron chi connectivity index (χ1n) is 9.10. The second kappa shape index (κ2) is 9.06. The minimum Gasteiger partial charge on any atom is -0.485 e. The Hall–Kier alpha value is -2.93. The van der Waals surface area contributed by atoms with Gasteiger partial charge in [0, 0.05) is 10.6 Å². The van der Waals surface area contributed by atoms with Crippen LogP contribution in [0.1, 0.15) is 21.7 Å². The first-order chi connectivity index (χ1) is 14.9. The van der Waals surface area contributed by atoms with E-state index >= 15 is 0 Å². The van der Waals surface area contributed by atoms with E-state index in [1.54, 1.807) is 30.3 Å². The lowest BCUT2D eigenvalue weighted by Gasteiger charge is -2.14. The minimum absolute atomic E-state index is 0.0675. The van der Waals surface area contributed by atoms with Gasteiger partial charge in [-0.2, -0.15) is 0 Å². The fraction of sp³-hybridized carbons (Fsp3) is 0.0909. The molecule has 0 atom stereocenters. The number of H-pyrrole nitrogens is 1. The maximum absolute atomic E-state index is 11.4. The van der Waals surface area contributed by atoms with Crippen LogP contribution in [0.2, 0.25) is 15.1 Å². The van der Waals surface area contributed by atoms with Crippen LogP contribution >= 0.6 is 34.8 Å². The molecule has 0 saturated heterocycles. The molecule has 0 aliphatic rings. The van der Waals surface area contributed by atoms with Crippen molar-refractivity contribution in [3.63, 3.8) is 0 Å². The van der Waals surface area contributed by atoms with Crippen molar-refractivity contribution in [3.05, 3.63) is 86.6 Å². The van der Waals surface area contributed by atoms with Crippen LogP contribution in [0.25, 0.3) is 11.0 Å². The van der Waals surface area contributed by atoms with Crippen molar-refractivity contribution >= 4 is 51.8 Å². The molecule has 2 N–H and O–H groups in total. The van der Waals surface area contributed by atoms with E-state index in [2.05, 4.69) is 9.97 Å². The first-order valence-corrected chi connectivity index (χ1v) is 10.2. The van der Waals surface area contributed by atoms with E-state index in [9.17, 15) is 9.90 Å². The van der Waals surface area contributed by atoms with E-state index < -0.39 is 5.97 Å². The number of imidazole rings is 1. The van der Waals surface area contributed by atoms with Gasteiger partial charge in [0.25, 0.3) is 0 Å². The second-order valence-corrected chi connectivity index (χ2v) is 7.82. The third-order valence-corrected chi connectivity index (χ3v) is 5.56. The number of benzene rings is 3. The number of fused-ring (bicyclic) bond motifs is 1. The highest BCUT2D eigenvalue weighted by atomic mass is 35.5. The lowest BCUT2D eigenvalue weighted by Crippen LogP contribution is -2.04. The van der Waals surface area contributed by atoms with Gasteiger partial charge >= 0.3 is 5.97 Å². The van der Waals surface area contributed by atoms with E-state index in [4.69, 9.17) is 44.3 Å². The quantitative estimate of drug-likeness (QED) is 0.323.